The average molecular weight is 539 g/mol. The van der Waals surface area contributed by atoms with E-state index in [1.165, 1.54) is 11.8 Å². The molecule has 0 aromatic heterocycles. The zero-order valence-corrected chi connectivity index (χ0v) is 22.3. The first-order valence-corrected chi connectivity index (χ1v) is 13.5. The second-order valence-electron chi connectivity index (χ2n) is 9.16. The third-order valence-electron chi connectivity index (χ3n) is 5.49. The number of rotatable bonds is 17. The Balaban J connectivity index is 3.07. The molecule has 0 fully saturated rings. The van der Waals surface area contributed by atoms with Crippen molar-refractivity contribution in [2.24, 2.45) is 11.7 Å². The summed E-state index contributed by atoms with van der Waals surface area (Å²) in [5, 5.41) is 26.1. The highest BCUT2D eigenvalue weighted by atomic mass is 32.2. The number of thioether (sulfide) groups is 1. The Kier molecular flexibility index (Phi) is 14.3. The molecule has 37 heavy (non-hydrogen) atoms. The molecule has 0 radical (unpaired) electrons. The van der Waals surface area contributed by atoms with Gasteiger partial charge >= 0.3 is 11.9 Å². The Morgan fingerprint density at radius 1 is 0.865 bits per heavy atom. The zero-order valence-electron chi connectivity index (χ0n) is 21.4. The monoisotopic (exact) mass is 538 g/mol. The summed E-state index contributed by atoms with van der Waals surface area (Å²) in [6.07, 6.45) is 2.00. The standard InChI is InChI=1S/C25H38N4O7S/c1-15(2)13-19(23(33)27-18(25(35)36)11-12-37-3)29-24(34)20(14-16-7-5-4-6-8-16)28-22(32)17(26)9-10-21(30)31/h4-8,15,17-20H,9-14,26H2,1-3H3,(H,27,33)(H,28,32)(H,29,34)(H,30,31)(H,35,36). The number of nitrogens with two attached hydrogens (primary N) is 1. The quantitative estimate of drug-likeness (QED) is 0.166. The van der Waals surface area contributed by atoms with Gasteiger partial charge in [-0.05, 0) is 42.8 Å². The van der Waals surface area contributed by atoms with Crippen molar-refractivity contribution < 1.29 is 34.2 Å². The number of nitrogens with one attached hydrogen (secondary N) is 3. The summed E-state index contributed by atoms with van der Waals surface area (Å²) >= 11 is 1.45. The fourth-order valence-corrected chi connectivity index (χ4v) is 3.96. The van der Waals surface area contributed by atoms with Gasteiger partial charge in [0.25, 0.3) is 0 Å². The summed E-state index contributed by atoms with van der Waals surface area (Å²) in [5.74, 6) is -3.69. The molecule has 0 bridgehead atoms. The van der Waals surface area contributed by atoms with E-state index in [1.807, 2.05) is 20.1 Å². The van der Waals surface area contributed by atoms with Crippen molar-refractivity contribution in [1.29, 1.82) is 0 Å². The summed E-state index contributed by atoms with van der Waals surface area (Å²) in [5.41, 5.74) is 6.56. The van der Waals surface area contributed by atoms with Crippen LogP contribution in [0.5, 0.6) is 0 Å². The van der Waals surface area contributed by atoms with Crippen LogP contribution < -0.4 is 21.7 Å². The Bertz CT molecular complexity index is 914. The van der Waals surface area contributed by atoms with E-state index < -0.39 is 53.8 Å². The van der Waals surface area contributed by atoms with Crippen LogP contribution >= 0.6 is 11.8 Å². The fraction of sp³-hybridized carbons (Fsp3) is 0.560. The van der Waals surface area contributed by atoms with Crippen LogP contribution in [0.2, 0.25) is 0 Å². The van der Waals surface area contributed by atoms with E-state index in [2.05, 4.69) is 16.0 Å². The number of amides is 3. The number of carbonyl (C=O) groups is 5. The first-order valence-electron chi connectivity index (χ1n) is 12.1. The van der Waals surface area contributed by atoms with E-state index in [-0.39, 0.29) is 38.0 Å². The zero-order chi connectivity index (χ0) is 28.0. The SMILES string of the molecule is CSCCC(NC(=O)C(CC(C)C)NC(=O)C(Cc1ccccc1)NC(=O)C(N)CCC(=O)O)C(=O)O. The van der Waals surface area contributed by atoms with Crippen molar-refractivity contribution in [3.05, 3.63) is 35.9 Å². The number of aliphatic carboxylic acids is 2. The van der Waals surface area contributed by atoms with Crippen LogP contribution in [0, 0.1) is 5.92 Å². The molecule has 1 rings (SSSR count). The molecule has 0 aliphatic carbocycles. The molecule has 0 aliphatic rings. The molecule has 1 aromatic rings. The maximum Gasteiger partial charge on any atom is 0.326 e. The smallest absolute Gasteiger partial charge is 0.326 e. The molecule has 0 spiro atoms. The highest BCUT2D eigenvalue weighted by Crippen LogP contribution is 2.10. The van der Waals surface area contributed by atoms with Gasteiger partial charge in [-0.25, -0.2) is 4.79 Å². The predicted octanol–water partition coefficient (Wildman–Crippen LogP) is 0.759. The van der Waals surface area contributed by atoms with Gasteiger partial charge in [0, 0.05) is 12.8 Å². The molecule has 0 aliphatic heterocycles. The average Bonchev–Trinajstić information content (AvgIpc) is 2.84. The van der Waals surface area contributed by atoms with Crippen LogP contribution in [0.15, 0.2) is 30.3 Å². The van der Waals surface area contributed by atoms with Crippen LogP contribution in [0.3, 0.4) is 0 Å². The highest BCUT2D eigenvalue weighted by Gasteiger charge is 2.31. The Labute approximate surface area is 221 Å². The first kappa shape index (κ1) is 31.9. The van der Waals surface area contributed by atoms with E-state index in [1.54, 1.807) is 30.3 Å². The second kappa shape index (κ2) is 16.6. The fourth-order valence-electron chi connectivity index (χ4n) is 3.49. The van der Waals surface area contributed by atoms with Gasteiger partial charge in [0.2, 0.25) is 17.7 Å². The number of carbonyl (C=O) groups excluding carboxylic acids is 3. The van der Waals surface area contributed by atoms with Crippen LogP contribution in [0.4, 0.5) is 0 Å². The molecule has 0 saturated heterocycles. The van der Waals surface area contributed by atoms with Crippen molar-refractivity contribution in [3.63, 3.8) is 0 Å². The normalized spacial score (nSPS) is 14.2. The lowest BCUT2D eigenvalue weighted by atomic mass is 10.00. The predicted molar refractivity (Wildman–Crippen MR) is 141 cm³/mol. The van der Waals surface area contributed by atoms with Gasteiger partial charge in [-0.15, -0.1) is 0 Å². The molecule has 7 N–H and O–H groups in total. The molecule has 4 unspecified atom stereocenters. The minimum Gasteiger partial charge on any atom is -0.481 e. The lowest BCUT2D eigenvalue weighted by Crippen LogP contribution is -2.57. The summed E-state index contributed by atoms with van der Waals surface area (Å²) in [7, 11) is 0. The van der Waals surface area contributed by atoms with Crippen LogP contribution in [0.25, 0.3) is 0 Å². The Morgan fingerprint density at radius 3 is 1.97 bits per heavy atom. The molecule has 3 amide bonds. The maximum atomic E-state index is 13.3. The number of hydrogen-bond donors (Lipinski definition) is 6. The summed E-state index contributed by atoms with van der Waals surface area (Å²) in [4.78, 5) is 61.3. The van der Waals surface area contributed by atoms with Crippen molar-refractivity contribution in [2.45, 2.75) is 70.1 Å². The van der Waals surface area contributed by atoms with Gasteiger partial charge in [0.05, 0.1) is 6.04 Å². The molecule has 12 heteroatoms. The van der Waals surface area contributed by atoms with Crippen molar-refractivity contribution in [3.8, 4) is 0 Å². The van der Waals surface area contributed by atoms with Crippen LogP contribution in [-0.4, -0.2) is 76.0 Å². The molecule has 1 aromatic carbocycles. The van der Waals surface area contributed by atoms with Crippen LogP contribution in [-0.2, 0) is 30.4 Å². The lowest BCUT2D eigenvalue weighted by Gasteiger charge is -2.26. The first-order chi connectivity index (χ1) is 17.4. The number of carboxylic acids is 2. The summed E-state index contributed by atoms with van der Waals surface area (Å²) in [6, 6.07) is 4.55. The third-order valence-corrected chi connectivity index (χ3v) is 6.13. The maximum absolute atomic E-state index is 13.3. The van der Waals surface area contributed by atoms with E-state index >= 15 is 0 Å². The van der Waals surface area contributed by atoms with Crippen molar-refractivity contribution in [2.75, 3.05) is 12.0 Å². The van der Waals surface area contributed by atoms with E-state index in [0.717, 1.165) is 5.56 Å². The van der Waals surface area contributed by atoms with Gasteiger partial charge < -0.3 is 31.9 Å². The van der Waals surface area contributed by atoms with Gasteiger partial charge in [-0.2, -0.15) is 11.8 Å². The number of benzene rings is 1. The van der Waals surface area contributed by atoms with Crippen molar-refractivity contribution >= 4 is 41.4 Å². The Morgan fingerprint density at radius 2 is 1.43 bits per heavy atom. The molecular formula is C25H38N4O7S. The van der Waals surface area contributed by atoms with Gasteiger partial charge in [-0.3, -0.25) is 19.2 Å². The lowest BCUT2D eigenvalue weighted by molar-refractivity contribution is -0.142. The summed E-state index contributed by atoms with van der Waals surface area (Å²) in [6.45, 7) is 3.72. The molecule has 4 atom stereocenters. The minimum atomic E-state index is -1.17. The van der Waals surface area contributed by atoms with Gasteiger partial charge in [0.15, 0.2) is 0 Å². The van der Waals surface area contributed by atoms with Gasteiger partial charge in [0.1, 0.15) is 18.1 Å². The highest BCUT2D eigenvalue weighted by molar-refractivity contribution is 7.98. The van der Waals surface area contributed by atoms with E-state index in [4.69, 9.17) is 10.8 Å². The Hall–Kier alpha value is -3.12. The van der Waals surface area contributed by atoms with Gasteiger partial charge in [-0.1, -0.05) is 44.2 Å². The summed E-state index contributed by atoms with van der Waals surface area (Å²) < 4.78 is 0. The number of hydrogen-bond acceptors (Lipinski definition) is 7. The molecule has 11 nitrogen and oxygen atoms in total. The molecule has 0 saturated carbocycles. The third kappa shape index (κ3) is 12.6. The number of carboxylic acid groups (broad SMARTS) is 2. The molecule has 206 valence electrons. The largest absolute Gasteiger partial charge is 0.481 e. The molecule has 0 heterocycles. The van der Waals surface area contributed by atoms with E-state index in [0.29, 0.717) is 5.75 Å². The molecular weight excluding hydrogens is 500 g/mol. The van der Waals surface area contributed by atoms with Crippen molar-refractivity contribution in [1.82, 2.24) is 16.0 Å². The topological polar surface area (TPSA) is 188 Å². The van der Waals surface area contributed by atoms with E-state index in [9.17, 15) is 29.1 Å². The van der Waals surface area contributed by atoms with Crippen LogP contribution in [0.1, 0.15) is 45.1 Å². The second-order valence-corrected chi connectivity index (χ2v) is 10.1. The minimum absolute atomic E-state index is 0.00266.